The van der Waals surface area contributed by atoms with Crippen LogP contribution in [0.25, 0.3) is 0 Å². The Morgan fingerprint density at radius 2 is 1.73 bits per heavy atom. The SMILES string of the molecule is COc1cc(CC2(CC(C)C)C=NC(N)N=C2N)c(C(C)C)cc1OC. The molecule has 6 nitrogen and oxygen atoms in total. The summed E-state index contributed by atoms with van der Waals surface area (Å²) in [6.45, 7) is 8.69. The maximum Gasteiger partial charge on any atom is 0.192 e. The Balaban J connectivity index is 2.55. The van der Waals surface area contributed by atoms with E-state index in [9.17, 15) is 0 Å². The van der Waals surface area contributed by atoms with E-state index in [1.165, 1.54) is 11.1 Å². The Bertz CT molecular complexity index is 697. The Morgan fingerprint density at radius 3 is 2.23 bits per heavy atom. The topological polar surface area (TPSA) is 95.2 Å². The van der Waals surface area contributed by atoms with Gasteiger partial charge in [0.1, 0.15) is 5.84 Å². The minimum Gasteiger partial charge on any atom is -0.493 e. The van der Waals surface area contributed by atoms with Crippen LogP contribution in [-0.4, -0.2) is 32.6 Å². The molecule has 0 amide bonds. The maximum absolute atomic E-state index is 6.38. The summed E-state index contributed by atoms with van der Waals surface area (Å²) in [5.74, 6) is 2.78. The fourth-order valence-electron chi connectivity index (χ4n) is 3.65. The molecule has 1 heterocycles. The summed E-state index contributed by atoms with van der Waals surface area (Å²) >= 11 is 0. The fraction of sp³-hybridized carbons (Fsp3) is 0.600. The van der Waals surface area contributed by atoms with Crippen molar-refractivity contribution < 1.29 is 9.47 Å². The van der Waals surface area contributed by atoms with Gasteiger partial charge in [0.15, 0.2) is 17.8 Å². The zero-order valence-corrected chi connectivity index (χ0v) is 16.7. The van der Waals surface area contributed by atoms with Gasteiger partial charge in [-0.1, -0.05) is 27.7 Å². The molecule has 2 rings (SSSR count). The van der Waals surface area contributed by atoms with Gasteiger partial charge in [-0.05, 0) is 47.9 Å². The monoisotopic (exact) mass is 360 g/mol. The van der Waals surface area contributed by atoms with Crippen LogP contribution in [0.1, 0.15) is 51.2 Å². The molecule has 6 heteroatoms. The lowest BCUT2D eigenvalue weighted by Gasteiger charge is -2.35. The van der Waals surface area contributed by atoms with Crippen molar-refractivity contribution in [3.63, 3.8) is 0 Å². The van der Waals surface area contributed by atoms with Gasteiger partial charge in [0.05, 0.1) is 19.6 Å². The number of hydrogen-bond donors (Lipinski definition) is 2. The molecular formula is C20H32N4O2. The number of methoxy groups -OCH3 is 2. The Kier molecular flexibility index (Phi) is 6.29. The Hall–Kier alpha value is -2.08. The van der Waals surface area contributed by atoms with Crippen LogP contribution in [0, 0.1) is 11.3 Å². The Morgan fingerprint density at radius 1 is 1.12 bits per heavy atom. The quantitative estimate of drug-likeness (QED) is 0.781. The van der Waals surface area contributed by atoms with Gasteiger partial charge in [-0.15, -0.1) is 0 Å². The highest BCUT2D eigenvalue weighted by atomic mass is 16.5. The molecule has 1 aromatic rings. The first kappa shape index (κ1) is 20.2. The number of rotatable bonds is 7. The molecule has 0 aliphatic carbocycles. The van der Waals surface area contributed by atoms with Gasteiger partial charge in [-0.25, -0.2) is 4.99 Å². The van der Waals surface area contributed by atoms with E-state index >= 15 is 0 Å². The van der Waals surface area contributed by atoms with Gasteiger partial charge < -0.3 is 15.2 Å². The summed E-state index contributed by atoms with van der Waals surface area (Å²) < 4.78 is 11.0. The van der Waals surface area contributed by atoms with Crippen molar-refractivity contribution in [1.82, 2.24) is 0 Å². The number of ether oxygens (including phenoxy) is 2. The van der Waals surface area contributed by atoms with Crippen LogP contribution in [0.5, 0.6) is 11.5 Å². The highest BCUT2D eigenvalue weighted by molar-refractivity contribution is 6.02. The molecular weight excluding hydrogens is 328 g/mol. The van der Waals surface area contributed by atoms with Crippen molar-refractivity contribution in [2.45, 2.75) is 52.7 Å². The number of hydrogen-bond acceptors (Lipinski definition) is 6. The van der Waals surface area contributed by atoms with E-state index in [4.69, 9.17) is 20.9 Å². The largest absolute Gasteiger partial charge is 0.493 e. The summed E-state index contributed by atoms with van der Waals surface area (Å²) in [7, 11) is 3.30. The summed E-state index contributed by atoms with van der Waals surface area (Å²) in [6, 6.07) is 4.10. The molecule has 0 spiro atoms. The average Bonchev–Trinajstić information content (AvgIpc) is 2.57. The van der Waals surface area contributed by atoms with Gasteiger partial charge in [0.25, 0.3) is 0 Å². The van der Waals surface area contributed by atoms with Crippen molar-refractivity contribution in [3.8, 4) is 11.5 Å². The van der Waals surface area contributed by atoms with Crippen molar-refractivity contribution in [2.24, 2.45) is 32.8 Å². The third kappa shape index (κ3) is 4.18. The lowest BCUT2D eigenvalue weighted by molar-refractivity contribution is 0.353. The molecule has 0 aromatic heterocycles. The summed E-state index contributed by atoms with van der Waals surface area (Å²) in [4.78, 5) is 8.72. The van der Waals surface area contributed by atoms with Crippen LogP contribution in [0.2, 0.25) is 0 Å². The van der Waals surface area contributed by atoms with E-state index < -0.39 is 11.7 Å². The Labute approximate surface area is 156 Å². The van der Waals surface area contributed by atoms with E-state index in [1.54, 1.807) is 14.2 Å². The molecule has 1 aliphatic rings. The van der Waals surface area contributed by atoms with Crippen LogP contribution < -0.4 is 20.9 Å². The molecule has 0 saturated heterocycles. The lowest BCUT2D eigenvalue weighted by Crippen LogP contribution is -2.46. The van der Waals surface area contributed by atoms with Crippen LogP contribution >= 0.6 is 0 Å². The molecule has 0 bridgehead atoms. The second kappa shape index (κ2) is 8.08. The third-order valence-electron chi connectivity index (χ3n) is 4.80. The maximum atomic E-state index is 6.38. The van der Waals surface area contributed by atoms with Crippen LogP contribution in [0.15, 0.2) is 22.1 Å². The summed E-state index contributed by atoms with van der Waals surface area (Å²) in [5.41, 5.74) is 14.1. The molecule has 0 saturated carbocycles. The standard InChI is InChI=1S/C20H32N4O2/c1-12(2)9-20(11-23-19(22)24-18(20)21)10-14-7-16(25-5)17(26-6)8-15(14)13(3)4/h7-8,11-13,19H,9-10,22H2,1-6H3,(H2,21,24). The van der Waals surface area contributed by atoms with Gasteiger partial charge in [0, 0.05) is 6.21 Å². The number of benzene rings is 1. The van der Waals surface area contributed by atoms with Crippen LogP contribution in [0.3, 0.4) is 0 Å². The minimum atomic E-state index is -0.606. The minimum absolute atomic E-state index is 0.335. The number of nitrogens with two attached hydrogens (primary N) is 2. The van der Waals surface area contributed by atoms with E-state index in [1.807, 2.05) is 12.3 Å². The van der Waals surface area contributed by atoms with Gasteiger partial charge >= 0.3 is 0 Å². The summed E-state index contributed by atoms with van der Waals surface area (Å²) in [6.07, 6.45) is 2.85. The first-order chi connectivity index (χ1) is 12.2. The second-order valence-corrected chi connectivity index (χ2v) is 7.70. The third-order valence-corrected chi connectivity index (χ3v) is 4.80. The molecule has 2 unspecified atom stereocenters. The van der Waals surface area contributed by atoms with Crippen LogP contribution in [-0.2, 0) is 6.42 Å². The molecule has 26 heavy (non-hydrogen) atoms. The normalized spacial score (nSPS) is 22.7. The average molecular weight is 361 g/mol. The first-order valence-corrected chi connectivity index (χ1v) is 9.11. The van der Waals surface area contributed by atoms with Crippen LogP contribution in [0.4, 0.5) is 0 Å². The molecule has 0 radical (unpaired) electrons. The lowest BCUT2D eigenvalue weighted by atomic mass is 9.73. The highest BCUT2D eigenvalue weighted by Gasteiger charge is 2.37. The number of nitrogens with zero attached hydrogens (tertiary/aromatic N) is 2. The molecule has 144 valence electrons. The predicted molar refractivity (Wildman–Crippen MR) is 107 cm³/mol. The van der Waals surface area contributed by atoms with Gasteiger partial charge in [0.2, 0.25) is 0 Å². The number of aliphatic imine (C=N–C) groups is 2. The second-order valence-electron chi connectivity index (χ2n) is 7.70. The predicted octanol–water partition coefficient (Wildman–Crippen LogP) is 3.09. The molecule has 1 aliphatic heterocycles. The molecule has 4 N–H and O–H groups in total. The zero-order chi connectivity index (χ0) is 19.5. The van der Waals surface area contributed by atoms with Gasteiger partial charge in [-0.3, -0.25) is 10.7 Å². The van der Waals surface area contributed by atoms with Crippen molar-refractivity contribution >= 4 is 12.1 Å². The van der Waals surface area contributed by atoms with E-state index in [2.05, 4.69) is 43.7 Å². The molecule has 0 fully saturated rings. The van der Waals surface area contributed by atoms with Crippen molar-refractivity contribution in [3.05, 3.63) is 23.3 Å². The van der Waals surface area contributed by atoms with Crippen molar-refractivity contribution in [1.29, 1.82) is 0 Å². The summed E-state index contributed by atoms with van der Waals surface area (Å²) in [5, 5.41) is 0. The molecule has 2 atom stereocenters. The van der Waals surface area contributed by atoms with E-state index in [0.29, 0.717) is 29.8 Å². The zero-order valence-electron chi connectivity index (χ0n) is 16.7. The fourth-order valence-corrected chi connectivity index (χ4v) is 3.65. The highest BCUT2D eigenvalue weighted by Crippen LogP contribution is 2.39. The van der Waals surface area contributed by atoms with E-state index in [-0.39, 0.29) is 0 Å². The van der Waals surface area contributed by atoms with E-state index in [0.717, 1.165) is 12.2 Å². The van der Waals surface area contributed by atoms with Gasteiger partial charge in [-0.2, -0.15) is 0 Å². The first-order valence-electron chi connectivity index (χ1n) is 9.11. The smallest absolute Gasteiger partial charge is 0.192 e. The molecule has 1 aromatic carbocycles. The van der Waals surface area contributed by atoms with Crippen molar-refractivity contribution in [2.75, 3.05) is 14.2 Å². The number of amidine groups is 1.